The monoisotopic (exact) mass is 280 g/mol. The fourth-order valence-corrected chi connectivity index (χ4v) is 2.58. The molecule has 4 nitrogen and oxygen atoms in total. The number of aryl methyl sites for hydroxylation is 3. The van der Waals surface area contributed by atoms with E-state index in [0.29, 0.717) is 6.54 Å². The van der Waals surface area contributed by atoms with Gasteiger partial charge in [-0.3, -0.25) is 0 Å². The van der Waals surface area contributed by atoms with Crippen LogP contribution in [0.15, 0.2) is 36.5 Å². The standard InChI is InChI=1S/C17H20N4/c1-12-5-3-6-14(9-12)16-20-15-10-13(2)11-19-17(15)21(16)8-4-7-18/h3,5-6,9-11H,4,7-8,18H2,1-2H3. The first-order valence-corrected chi connectivity index (χ1v) is 7.29. The summed E-state index contributed by atoms with van der Waals surface area (Å²) >= 11 is 0. The molecule has 0 aliphatic carbocycles. The summed E-state index contributed by atoms with van der Waals surface area (Å²) in [5.74, 6) is 0.972. The van der Waals surface area contributed by atoms with E-state index < -0.39 is 0 Å². The number of nitrogens with zero attached hydrogens (tertiary/aromatic N) is 3. The van der Waals surface area contributed by atoms with Gasteiger partial charge in [-0.2, -0.15) is 0 Å². The first-order valence-electron chi connectivity index (χ1n) is 7.29. The summed E-state index contributed by atoms with van der Waals surface area (Å²) in [4.78, 5) is 9.36. The van der Waals surface area contributed by atoms with Crippen LogP contribution in [-0.2, 0) is 6.54 Å². The summed E-state index contributed by atoms with van der Waals surface area (Å²) in [6.45, 7) is 5.64. The smallest absolute Gasteiger partial charge is 0.160 e. The molecule has 0 aliphatic heterocycles. The molecule has 0 aliphatic rings. The second kappa shape index (κ2) is 5.66. The highest BCUT2D eigenvalue weighted by Crippen LogP contribution is 2.25. The molecule has 0 bridgehead atoms. The molecule has 0 saturated carbocycles. The third-order valence-electron chi connectivity index (χ3n) is 3.58. The fourth-order valence-electron chi connectivity index (χ4n) is 2.58. The van der Waals surface area contributed by atoms with Crippen molar-refractivity contribution >= 4 is 11.2 Å². The normalized spacial score (nSPS) is 11.2. The molecule has 0 atom stereocenters. The van der Waals surface area contributed by atoms with Gasteiger partial charge in [0.05, 0.1) is 0 Å². The summed E-state index contributed by atoms with van der Waals surface area (Å²) in [5.41, 5.74) is 11.0. The van der Waals surface area contributed by atoms with Crippen LogP contribution in [0, 0.1) is 13.8 Å². The van der Waals surface area contributed by atoms with E-state index in [-0.39, 0.29) is 0 Å². The van der Waals surface area contributed by atoms with Crippen LogP contribution in [0.25, 0.3) is 22.6 Å². The highest BCUT2D eigenvalue weighted by molar-refractivity contribution is 5.77. The van der Waals surface area contributed by atoms with Crippen LogP contribution in [0.4, 0.5) is 0 Å². The first-order chi connectivity index (χ1) is 10.2. The summed E-state index contributed by atoms with van der Waals surface area (Å²) in [6, 6.07) is 10.5. The van der Waals surface area contributed by atoms with Crippen molar-refractivity contribution in [2.45, 2.75) is 26.8 Å². The molecule has 0 spiro atoms. The van der Waals surface area contributed by atoms with Crippen molar-refractivity contribution < 1.29 is 0 Å². The summed E-state index contributed by atoms with van der Waals surface area (Å²) in [5, 5.41) is 0. The minimum atomic E-state index is 0.665. The van der Waals surface area contributed by atoms with Gasteiger partial charge in [-0.1, -0.05) is 23.8 Å². The zero-order chi connectivity index (χ0) is 14.8. The topological polar surface area (TPSA) is 56.7 Å². The van der Waals surface area contributed by atoms with Gasteiger partial charge in [0.25, 0.3) is 0 Å². The Morgan fingerprint density at radius 3 is 2.76 bits per heavy atom. The molecule has 0 fully saturated rings. The zero-order valence-corrected chi connectivity index (χ0v) is 12.5. The van der Waals surface area contributed by atoms with Crippen LogP contribution in [0.3, 0.4) is 0 Å². The number of rotatable bonds is 4. The lowest BCUT2D eigenvalue weighted by molar-refractivity contribution is 0.667. The van der Waals surface area contributed by atoms with Gasteiger partial charge in [0.15, 0.2) is 5.65 Å². The van der Waals surface area contributed by atoms with E-state index >= 15 is 0 Å². The van der Waals surface area contributed by atoms with Crippen LogP contribution < -0.4 is 5.73 Å². The number of imidazole rings is 1. The predicted octanol–water partition coefficient (Wildman–Crippen LogP) is 3.06. The summed E-state index contributed by atoms with van der Waals surface area (Å²) in [7, 11) is 0. The zero-order valence-electron chi connectivity index (χ0n) is 12.5. The second-order valence-corrected chi connectivity index (χ2v) is 5.45. The molecule has 21 heavy (non-hydrogen) atoms. The Labute approximate surface area is 124 Å². The molecule has 0 saturated heterocycles. The minimum absolute atomic E-state index is 0.665. The molecule has 2 aromatic heterocycles. The molecule has 0 unspecified atom stereocenters. The number of aromatic nitrogens is 3. The highest BCUT2D eigenvalue weighted by Gasteiger charge is 2.13. The lowest BCUT2D eigenvalue weighted by Crippen LogP contribution is -2.07. The van der Waals surface area contributed by atoms with Crippen LogP contribution in [0.1, 0.15) is 17.5 Å². The second-order valence-electron chi connectivity index (χ2n) is 5.45. The van der Waals surface area contributed by atoms with Gasteiger partial charge in [-0.15, -0.1) is 0 Å². The largest absolute Gasteiger partial charge is 0.330 e. The number of nitrogens with two attached hydrogens (primary N) is 1. The molecule has 1 aromatic carbocycles. The van der Waals surface area contributed by atoms with Crippen molar-refractivity contribution in [2.75, 3.05) is 6.54 Å². The van der Waals surface area contributed by atoms with Gasteiger partial charge in [-0.05, 0) is 44.5 Å². The molecular weight excluding hydrogens is 260 g/mol. The van der Waals surface area contributed by atoms with Crippen LogP contribution in [0.5, 0.6) is 0 Å². The van der Waals surface area contributed by atoms with Gasteiger partial charge >= 0.3 is 0 Å². The van der Waals surface area contributed by atoms with Gasteiger partial charge in [-0.25, -0.2) is 9.97 Å². The molecular formula is C17H20N4. The van der Waals surface area contributed by atoms with E-state index in [2.05, 4.69) is 46.8 Å². The van der Waals surface area contributed by atoms with E-state index in [1.165, 1.54) is 5.56 Å². The lowest BCUT2D eigenvalue weighted by atomic mass is 10.1. The molecule has 3 aromatic rings. The Bertz CT molecular complexity index is 774. The Morgan fingerprint density at radius 1 is 1.14 bits per heavy atom. The molecule has 2 N–H and O–H groups in total. The highest BCUT2D eigenvalue weighted by atomic mass is 15.1. The quantitative estimate of drug-likeness (QED) is 0.799. The first kappa shape index (κ1) is 13.8. The van der Waals surface area contributed by atoms with Crippen molar-refractivity contribution in [2.24, 2.45) is 5.73 Å². The fraction of sp³-hybridized carbons (Fsp3) is 0.294. The van der Waals surface area contributed by atoms with E-state index in [9.17, 15) is 0 Å². The summed E-state index contributed by atoms with van der Waals surface area (Å²) < 4.78 is 2.18. The maximum atomic E-state index is 5.67. The van der Waals surface area contributed by atoms with Gasteiger partial charge in [0.2, 0.25) is 0 Å². The Kier molecular flexibility index (Phi) is 3.71. The van der Waals surface area contributed by atoms with Crippen molar-refractivity contribution in [1.29, 1.82) is 0 Å². The third-order valence-corrected chi connectivity index (χ3v) is 3.58. The van der Waals surface area contributed by atoms with Gasteiger partial charge < -0.3 is 10.3 Å². The molecule has 4 heteroatoms. The SMILES string of the molecule is Cc1cccc(-c2nc3cc(C)cnc3n2CCCN)c1. The third kappa shape index (κ3) is 2.67. The van der Waals surface area contributed by atoms with E-state index in [0.717, 1.165) is 41.1 Å². The van der Waals surface area contributed by atoms with Crippen molar-refractivity contribution in [3.05, 3.63) is 47.7 Å². The van der Waals surface area contributed by atoms with E-state index in [1.807, 2.05) is 13.1 Å². The van der Waals surface area contributed by atoms with Crippen LogP contribution >= 0.6 is 0 Å². The maximum Gasteiger partial charge on any atom is 0.160 e. The summed E-state index contributed by atoms with van der Waals surface area (Å²) in [6.07, 6.45) is 2.81. The number of pyridine rings is 1. The van der Waals surface area contributed by atoms with E-state index in [1.54, 1.807) is 0 Å². The van der Waals surface area contributed by atoms with E-state index in [4.69, 9.17) is 10.7 Å². The predicted molar refractivity (Wildman–Crippen MR) is 86.1 cm³/mol. The van der Waals surface area contributed by atoms with Gasteiger partial charge in [0.1, 0.15) is 11.3 Å². The molecule has 0 amide bonds. The number of fused-ring (bicyclic) bond motifs is 1. The molecule has 0 radical (unpaired) electrons. The van der Waals surface area contributed by atoms with Crippen LogP contribution in [0.2, 0.25) is 0 Å². The van der Waals surface area contributed by atoms with Crippen molar-refractivity contribution in [3.8, 4) is 11.4 Å². The Morgan fingerprint density at radius 2 is 2.00 bits per heavy atom. The molecule has 2 heterocycles. The van der Waals surface area contributed by atoms with Gasteiger partial charge in [0, 0.05) is 18.3 Å². The Hall–Kier alpha value is -2.20. The molecule has 3 rings (SSSR count). The maximum absolute atomic E-state index is 5.67. The number of hydrogen-bond donors (Lipinski definition) is 1. The lowest BCUT2D eigenvalue weighted by Gasteiger charge is -2.08. The van der Waals surface area contributed by atoms with Crippen molar-refractivity contribution in [1.82, 2.24) is 14.5 Å². The van der Waals surface area contributed by atoms with Crippen LogP contribution in [-0.4, -0.2) is 21.1 Å². The number of benzene rings is 1. The number of hydrogen-bond acceptors (Lipinski definition) is 3. The average Bonchev–Trinajstić information content (AvgIpc) is 2.82. The molecule has 108 valence electrons. The van der Waals surface area contributed by atoms with Crippen molar-refractivity contribution in [3.63, 3.8) is 0 Å². The minimum Gasteiger partial charge on any atom is -0.330 e. The average molecular weight is 280 g/mol. The Balaban J connectivity index is 2.20.